The van der Waals surface area contributed by atoms with Crippen LogP contribution in [0, 0.1) is 0 Å². The van der Waals surface area contributed by atoms with Crippen LogP contribution in [0.15, 0.2) is 58.8 Å². The molecule has 1 aliphatic rings. The molecule has 1 aromatic carbocycles. The molecule has 1 atom stereocenters. The van der Waals surface area contributed by atoms with E-state index < -0.39 is 33.7 Å². The molecule has 180 valence electrons. The van der Waals surface area contributed by atoms with E-state index >= 15 is 0 Å². The molecule has 2 aromatic heterocycles. The molecule has 0 saturated carbocycles. The minimum absolute atomic E-state index is 0.0442. The lowest BCUT2D eigenvalue weighted by molar-refractivity contribution is -0.137. The standard InChI is InChI=1S/C22H19ClF3N3O3S2/c23-19-10-11-20(33-19)34(31,32)29-12-2-5-18(29)21(30)27-13-16-3-1-4-17(28-16)14-6-8-15(9-7-14)22(24,25)26/h1,3-4,6-11,18H,2,5,12-13H2,(H,27,30). The molecule has 1 N–H and O–H groups in total. The van der Waals surface area contributed by atoms with Gasteiger partial charge in [0.2, 0.25) is 5.91 Å². The lowest BCUT2D eigenvalue weighted by Crippen LogP contribution is -2.45. The monoisotopic (exact) mass is 529 g/mol. The second-order valence-electron chi connectivity index (χ2n) is 7.64. The first-order valence-corrected chi connectivity index (χ1v) is 12.9. The fourth-order valence-electron chi connectivity index (χ4n) is 3.71. The second-order valence-corrected chi connectivity index (χ2v) is 11.5. The van der Waals surface area contributed by atoms with Crippen molar-refractivity contribution in [1.82, 2.24) is 14.6 Å². The van der Waals surface area contributed by atoms with Crippen molar-refractivity contribution in [3.8, 4) is 11.3 Å². The molecule has 0 spiro atoms. The molecule has 0 bridgehead atoms. The molecule has 3 heterocycles. The van der Waals surface area contributed by atoms with E-state index in [9.17, 15) is 26.4 Å². The van der Waals surface area contributed by atoms with Crippen LogP contribution < -0.4 is 5.32 Å². The number of aromatic nitrogens is 1. The molecular formula is C22H19ClF3N3O3S2. The topological polar surface area (TPSA) is 79.4 Å². The van der Waals surface area contributed by atoms with Crippen LogP contribution in [-0.2, 0) is 27.5 Å². The number of rotatable bonds is 6. The minimum atomic E-state index is -4.42. The number of benzene rings is 1. The first-order valence-electron chi connectivity index (χ1n) is 10.2. The van der Waals surface area contributed by atoms with E-state index in [1.165, 1.54) is 28.6 Å². The largest absolute Gasteiger partial charge is 0.416 e. The predicted octanol–water partition coefficient (Wildman–Crippen LogP) is 4.95. The summed E-state index contributed by atoms with van der Waals surface area (Å²) in [6, 6.07) is 11.7. The first kappa shape index (κ1) is 24.6. The number of carbonyl (C=O) groups excluding carboxylic acids is 1. The maximum Gasteiger partial charge on any atom is 0.416 e. The normalized spacial score (nSPS) is 17.1. The van der Waals surface area contributed by atoms with Gasteiger partial charge in [0, 0.05) is 12.1 Å². The first-order chi connectivity index (χ1) is 16.1. The summed E-state index contributed by atoms with van der Waals surface area (Å²) in [6.45, 7) is 0.278. The third-order valence-electron chi connectivity index (χ3n) is 5.38. The molecular weight excluding hydrogens is 511 g/mol. The molecule has 0 radical (unpaired) electrons. The Bertz CT molecular complexity index is 1290. The van der Waals surface area contributed by atoms with Gasteiger partial charge < -0.3 is 5.32 Å². The second kappa shape index (κ2) is 9.65. The highest BCUT2D eigenvalue weighted by Gasteiger charge is 2.40. The molecule has 34 heavy (non-hydrogen) atoms. The fourth-order valence-corrected chi connectivity index (χ4v) is 6.97. The summed E-state index contributed by atoms with van der Waals surface area (Å²) in [4.78, 5) is 17.2. The van der Waals surface area contributed by atoms with Gasteiger partial charge in [-0.3, -0.25) is 9.78 Å². The average Bonchev–Trinajstić information content (AvgIpc) is 3.47. The van der Waals surface area contributed by atoms with Crippen molar-refractivity contribution in [3.05, 3.63) is 70.2 Å². The van der Waals surface area contributed by atoms with E-state index in [0.29, 0.717) is 34.1 Å². The molecule has 4 rings (SSSR count). The molecule has 3 aromatic rings. The van der Waals surface area contributed by atoms with E-state index in [1.807, 2.05) is 0 Å². The highest BCUT2D eigenvalue weighted by atomic mass is 35.5. The lowest BCUT2D eigenvalue weighted by Gasteiger charge is -2.22. The fraction of sp³-hybridized carbons (Fsp3) is 0.273. The number of pyridine rings is 1. The molecule has 1 fully saturated rings. The smallest absolute Gasteiger partial charge is 0.349 e. The molecule has 1 unspecified atom stereocenters. The summed E-state index contributed by atoms with van der Waals surface area (Å²) in [5.74, 6) is -0.439. The van der Waals surface area contributed by atoms with Gasteiger partial charge >= 0.3 is 6.18 Å². The van der Waals surface area contributed by atoms with Gasteiger partial charge in [0.05, 0.1) is 27.8 Å². The van der Waals surface area contributed by atoms with Crippen molar-refractivity contribution in [2.24, 2.45) is 0 Å². The number of nitrogens with zero attached hydrogens (tertiary/aromatic N) is 2. The van der Waals surface area contributed by atoms with Crippen LogP contribution in [0.25, 0.3) is 11.3 Å². The van der Waals surface area contributed by atoms with Crippen LogP contribution in [0.4, 0.5) is 13.2 Å². The Morgan fingerprint density at radius 1 is 1.15 bits per heavy atom. The zero-order valence-corrected chi connectivity index (χ0v) is 19.9. The van der Waals surface area contributed by atoms with Crippen molar-refractivity contribution in [1.29, 1.82) is 0 Å². The van der Waals surface area contributed by atoms with Crippen molar-refractivity contribution < 1.29 is 26.4 Å². The average molecular weight is 530 g/mol. The number of hydrogen-bond donors (Lipinski definition) is 1. The Labute approximate surface area is 203 Å². The van der Waals surface area contributed by atoms with E-state index in [2.05, 4.69) is 10.3 Å². The Balaban J connectivity index is 1.44. The van der Waals surface area contributed by atoms with Gasteiger partial charge in [0.1, 0.15) is 10.3 Å². The van der Waals surface area contributed by atoms with Gasteiger partial charge in [0.25, 0.3) is 10.0 Å². The van der Waals surface area contributed by atoms with Crippen LogP contribution in [0.1, 0.15) is 24.1 Å². The van der Waals surface area contributed by atoms with Crippen molar-refractivity contribution in [2.45, 2.75) is 35.8 Å². The quantitative estimate of drug-likeness (QED) is 0.490. The number of amides is 1. The van der Waals surface area contributed by atoms with Crippen molar-refractivity contribution in [2.75, 3.05) is 6.54 Å². The van der Waals surface area contributed by atoms with Gasteiger partial charge in [-0.2, -0.15) is 17.5 Å². The number of alkyl halides is 3. The molecule has 1 amide bonds. The third kappa shape index (κ3) is 5.27. The highest BCUT2D eigenvalue weighted by Crippen LogP contribution is 2.33. The van der Waals surface area contributed by atoms with Crippen LogP contribution in [0.5, 0.6) is 0 Å². The Morgan fingerprint density at radius 3 is 2.53 bits per heavy atom. The lowest BCUT2D eigenvalue weighted by atomic mass is 10.1. The zero-order valence-electron chi connectivity index (χ0n) is 17.5. The third-order valence-corrected chi connectivity index (χ3v) is 8.98. The van der Waals surface area contributed by atoms with Crippen LogP contribution >= 0.6 is 22.9 Å². The summed E-state index contributed by atoms with van der Waals surface area (Å²) in [5.41, 5.74) is 0.702. The number of thiophene rings is 1. The molecule has 12 heteroatoms. The number of nitrogens with one attached hydrogen (secondary N) is 1. The minimum Gasteiger partial charge on any atom is -0.349 e. The Morgan fingerprint density at radius 2 is 1.88 bits per heavy atom. The molecule has 1 saturated heterocycles. The summed E-state index contributed by atoms with van der Waals surface area (Å²) in [5, 5.41) is 2.73. The van der Waals surface area contributed by atoms with Gasteiger partial charge in [-0.1, -0.05) is 29.8 Å². The van der Waals surface area contributed by atoms with Gasteiger partial charge in [0.15, 0.2) is 0 Å². The van der Waals surface area contributed by atoms with Gasteiger partial charge in [-0.15, -0.1) is 11.3 Å². The van der Waals surface area contributed by atoms with Crippen molar-refractivity contribution >= 4 is 38.9 Å². The summed E-state index contributed by atoms with van der Waals surface area (Å²) in [6.07, 6.45) is -3.48. The van der Waals surface area contributed by atoms with E-state index in [0.717, 1.165) is 23.5 Å². The van der Waals surface area contributed by atoms with Gasteiger partial charge in [-0.25, -0.2) is 8.42 Å². The number of sulfonamides is 1. The zero-order chi connectivity index (χ0) is 24.5. The Kier molecular flexibility index (Phi) is 6.99. The summed E-state index contributed by atoms with van der Waals surface area (Å²) in [7, 11) is -3.84. The predicted molar refractivity (Wildman–Crippen MR) is 123 cm³/mol. The van der Waals surface area contributed by atoms with Crippen LogP contribution in [0.2, 0.25) is 4.34 Å². The molecule has 1 aliphatic heterocycles. The summed E-state index contributed by atoms with van der Waals surface area (Å²) >= 11 is 6.81. The summed E-state index contributed by atoms with van der Waals surface area (Å²) < 4.78 is 65.9. The van der Waals surface area contributed by atoms with Gasteiger partial charge in [-0.05, 0) is 49.2 Å². The Hall–Kier alpha value is -2.47. The highest BCUT2D eigenvalue weighted by molar-refractivity contribution is 7.91. The maximum atomic E-state index is 12.9. The van der Waals surface area contributed by atoms with Crippen molar-refractivity contribution in [3.63, 3.8) is 0 Å². The van der Waals surface area contributed by atoms with Crippen LogP contribution in [0.3, 0.4) is 0 Å². The van der Waals surface area contributed by atoms with E-state index in [1.54, 1.807) is 18.2 Å². The maximum absolute atomic E-state index is 12.9. The SMILES string of the molecule is O=C(NCc1cccc(-c2ccc(C(F)(F)F)cc2)n1)C1CCCN1S(=O)(=O)c1ccc(Cl)s1. The molecule has 6 nitrogen and oxygen atoms in total. The van der Waals surface area contributed by atoms with E-state index in [4.69, 9.17) is 11.6 Å². The van der Waals surface area contributed by atoms with E-state index in [-0.39, 0.29) is 17.3 Å². The number of carbonyl (C=O) groups is 1. The number of halogens is 4. The van der Waals surface area contributed by atoms with Crippen LogP contribution in [-0.4, -0.2) is 36.2 Å². The number of hydrogen-bond acceptors (Lipinski definition) is 5. The molecule has 0 aliphatic carbocycles.